The molecule has 2 aromatic heterocycles. The van der Waals surface area contributed by atoms with Gasteiger partial charge in [-0.3, -0.25) is 0 Å². The molecule has 0 aliphatic carbocycles. The molecular formula is C39H24O2. The molecule has 0 aliphatic rings. The molecule has 0 N–H and O–H groups in total. The lowest BCUT2D eigenvalue weighted by Gasteiger charge is -2.18. The summed E-state index contributed by atoms with van der Waals surface area (Å²) < 4.78 is 12.8. The molecule has 0 fully saturated rings. The summed E-state index contributed by atoms with van der Waals surface area (Å²) in [6, 6.07) is 45.4. The first kappa shape index (κ1) is 22.5. The zero-order valence-corrected chi connectivity index (χ0v) is 22.4. The molecule has 0 aliphatic heterocycles. The van der Waals surface area contributed by atoms with Gasteiger partial charge in [0.25, 0.3) is 0 Å². The molecule has 9 aromatic rings. The fraction of sp³-hybridized carbons (Fsp3) is 0.0256. The fourth-order valence-corrected chi connectivity index (χ4v) is 6.52. The number of rotatable bonds is 3. The van der Waals surface area contributed by atoms with Crippen LogP contribution < -0.4 is 0 Å². The molecule has 2 heterocycles. The average Bonchev–Trinajstić information content (AvgIpc) is 3.64. The van der Waals surface area contributed by atoms with Gasteiger partial charge in [0.05, 0.1) is 0 Å². The highest BCUT2D eigenvalue weighted by Crippen LogP contribution is 2.47. The summed E-state index contributed by atoms with van der Waals surface area (Å²) in [4.78, 5) is 0. The minimum absolute atomic E-state index is 0.884. The van der Waals surface area contributed by atoms with Crippen LogP contribution in [0.25, 0.3) is 88.0 Å². The minimum atomic E-state index is 0.884. The monoisotopic (exact) mass is 524 g/mol. The Kier molecular flexibility index (Phi) is 4.57. The van der Waals surface area contributed by atoms with Crippen LogP contribution in [0.3, 0.4) is 0 Å². The van der Waals surface area contributed by atoms with Crippen molar-refractivity contribution in [2.75, 3.05) is 0 Å². The van der Waals surface area contributed by atoms with Gasteiger partial charge >= 0.3 is 0 Å². The third kappa shape index (κ3) is 3.31. The van der Waals surface area contributed by atoms with Crippen LogP contribution in [0.1, 0.15) is 5.56 Å². The van der Waals surface area contributed by atoms with Gasteiger partial charge in [0.2, 0.25) is 0 Å². The average molecular weight is 525 g/mol. The summed E-state index contributed by atoms with van der Waals surface area (Å²) in [6.45, 7) is 2.13. The van der Waals surface area contributed by atoms with Crippen LogP contribution >= 0.6 is 0 Å². The number of para-hydroxylation sites is 2. The number of furan rings is 2. The first-order valence-corrected chi connectivity index (χ1v) is 14.0. The van der Waals surface area contributed by atoms with Crippen molar-refractivity contribution >= 4 is 54.3 Å². The smallest absolute Gasteiger partial charge is 0.136 e. The maximum atomic E-state index is 6.47. The predicted octanol–water partition coefficient (Wildman–Crippen LogP) is 11.4. The van der Waals surface area contributed by atoms with Crippen molar-refractivity contribution in [2.24, 2.45) is 0 Å². The zero-order valence-electron chi connectivity index (χ0n) is 22.4. The highest BCUT2D eigenvalue weighted by atomic mass is 16.3. The van der Waals surface area contributed by atoms with Crippen molar-refractivity contribution < 1.29 is 8.83 Å². The summed E-state index contributed by atoms with van der Waals surface area (Å²) in [6.07, 6.45) is 0. The molecule has 0 saturated carbocycles. The largest absolute Gasteiger partial charge is 0.456 e. The second kappa shape index (κ2) is 8.33. The van der Waals surface area contributed by atoms with E-state index in [4.69, 9.17) is 8.83 Å². The van der Waals surface area contributed by atoms with Crippen molar-refractivity contribution in [2.45, 2.75) is 6.92 Å². The van der Waals surface area contributed by atoms with E-state index in [0.29, 0.717) is 0 Å². The van der Waals surface area contributed by atoms with Crippen LogP contribution in [-0.2, 0) is 0 Å². The maximum Gasteiger partial charge on any atom is 0.136 e. The van der Waals surface area contributed by atoms with Gasteiger partial charge in [-0.15, -0.1) is 0 Å². The number of benzene rings is 7. The van der Waals surface area contributed by atoms with Gasteiger partial charge in [0.15, 0.2) is 0 Å². The van der Waals surface area contributed by atoms with E-state index in [-0.39, 0.29) is 0 Å². The lowest BCUT2D eigenvalue weighted by Crippen LogP contribution is -1.91. The van der Waals surface area contributed by atoms with Crippen molar-refractivity contribution in [1.82, 2.24) is 0 Å². The Morgan fingerprint density at radius 2 is 0.976 bits per heavy atom. The Bertz CT molecular complexity index is 2350. The third-order valence-electron chi connectivity index (χ3n) is 8.53. The van der Waals surface area contributed by atoms with Crippen LogP contribution in [0.2, 0.25) is 0 Å². The lowest BCUT2D eigenvalue weighted by atomic mass is 9.85. The number of aryl methyl sites for hydroxylation is 1. The van der Waals surface area contributed by atoms with E-state index in [1.807, 2.05) is 24.3 Å². The summed E-state index contributed by atoms with van der Waals surface area (Å²) in [5, 5.41) is 9.57. The SMILES string of the molecule is Cc1ccc(-c2cc(-c3cc4ccccc4o3)c3ccc4c(-c5cc6ccccc6o5)ccc5ccc2c3c54)cc1. The summed E-state index contributed by atoms with van der Waals surface area (Å²) in [7, 11) is 0. The lowest BCUT2D eigenvalue weighted by molar-refractivity contribution is 0.632. The summed E-state index contributed by atoms with van der Waals surface area (Å²) in [5.74, 6) is 1.77. The van der Waals surface area contributed by atoms with E-state index in [0.717, 1.165) is 44.6 Å². The molecule has 0 unspecified atom stereocenters. The van der Waals surface area contributed by atoms with Crippen LogP contribution in [0.5, 0.6) is 0 Å². The van der Waals surface area contributed by atoms with E-state index in [9.17, 15) is 0 Å². The van der Waals surface area contributed by atoms with Crippen LogP contribution in [0.15, 0.2) is 136 Å². The normalized spacial score (nSPS) is 12.0. The van der Waals surface area contributed by atoms with E-state index in [1.54, 1.807) is 0 Å². The van der Waals surface area contributed by atoms with Crippen molar-refractivity contribution in [3.8, 4) is 33.8 Å². The number of hydrogen-bond acceptors (Lipinski definition) is 2. The molecule has 192 valence electrons. The van der Waals surface area contributed by atoms with Crippen molar-refractivity contribution in [3.63, 3.8) is 0 Å². The molecule has 0 saturated heterocycles. The molecule has 0 spiro atoms. The molecule has 41 heavy (non-hydrogen) atoms. The molecule has 0 radical (unpaired) electrons. The highest BCUT2D eigenvalue weighted by Gasteiger charge is 2.20. The highest BCUT2D eigenvalue weighted by molar-refractivity contribution is 6.29. The molecule has 0 amide bonds. The fourth-order valence-electron chi connectivity index (χ4n) is 6.52. The van der Waals surface area contributed by atoms with E-state index >= 15 is 0 Å². The van der Waals surface area contributed by atoms with Gasteiger partial charge in [-0.2, -0.15) is 0 Å². The Morgan fingerprint density at radius 1 is 0.415 bits per heavy atom. The van der Waals surface area contributed by atoms with Gasteiger partial charge < -0.3 is 8.83 Å². The van der Waals surface area contributed by atoms with Crippen LogP contribution in [0.4, 0.5) is 0 Å². The number of fused-ring (bicyclic) bond motifs is 2. The van der Waals surface area contributed by atoms with E-state index < -0.39 is 0 Å². The Hall–Kier alpha value is -5.34. The zero-order chi connectivity index (χ0) is 27.1. The molecule has 2 heteroatoms. The van der Waals surface area contributed by atoms with Crippen LogP contribution in [0, 0.1) is 6.92 Å². The quantitative estimate of drug-likeness (QED) is 0.215. The van der Waals surface area contributed by atoms with E-state index in [2.05, 4.69) is 110 Å². The summed E-state index contributed by atoms with van der Waals surface area (Å²) in [5.41, 5.74) is 7.67. The standard InChI is InChI=1S/C39H24O2/c1-23-10-12-24(13-11-23)32-22-33(37-21-27-7-3-5-9-35(27)41-37)31-19-18-29-28(36-20-26-6-2-4-8-34(26)40-36)16-14-25-15-17-30(32)39(31)38(25)29/h2-22H,1H3. The molecule has 9 rings (SSSR count). The first-order valence-electron chi connectivity index (χ1n) is 14.0. The third-order valence-corrected chi connectivity index (χ3v) is 8.53. The maximum absolute atomic E-state index is 6.47. The molecular weight excluding hydrogens is 500 g/mol. The van der Waals surface area contributed by atoms with Gasteiger partial charge in [-0.25, -0.2) is 0 Å². The van der Waals surface area contributed by atoms with Gasteiger partial charge in [-0.1, -0.05) is 96.6 Å². The topological polar surface area (TPSA) is 26.3 Å². The number of hydrogen-bond donors (Lipinski definition) is 0. The van der Waals surface area contributed by atoms with Gasteiger partial charge in [0, 0.05) is 21.9 Å². The molecule has 2 nitrogen and oxygen atoms in total. The first-order chi connectivity index (χ1) is 20.2. The van der Waals surface area contributed by atoms with Gasteiger partial charge in [-0.05, 0) is 86.8 Å². The second-order valence-corrected chi connectivity index (χ2v) is 11.0. The summed E-state index contributed by atoms with van der Waals surface area (Å²) >= 11 is 0. The molecule has 7 aromatic carbocycles. The van der Waals surface area contributed by atoms with Crippen molar-refractivity contribution in [3.05, 3.63) is 133 Å². The Balaban J connectivity index is 1.41. The Labute approximate surface area is 236 Å². The molecule has 0 bridgehead atoms. The Morgan fingerprint density at radius 3 is 1.66 bits per heavy atom. The predicted molar refractivity (Wildman–Crippen MR) is 171 cm³/mol. The van der Waals surface area contributed by atoms with Crippen LogP contribution in [-0.4, -0.2) is 0 Å². The minimum Gasteiger partial charge on any atom is -0.456 e. The van der Waals surface area contributed by atoms with Crippen molar-refractivity contribution in [1.29, 1.82) is 0 Å². The van der Waals surface area contributed by atoms with E-state index in [1.165, 1.54) is 49.0 Å². The van der Waals surface area contributed by atoms with Gasteiger partial charge in [0.1, 0.15) is 22.7 Å². The second-order valence-electron chi connectivity index (χ2n) is 11.0. The molecule has 0 atom stereocenters.